The molecular weight excluding hydrogens is 274 g/mol. The first-order chi connectivity index (χ1) is 10.7. The van der Waals surface area contributed by atoms with Crippen LogP contribution >= 0.6 is 0 Å². The van der Waals surface area contributed by atoms with Crippen LogP contribution in [0.25, 0.3) is 0 Å². The van der Waals surface area contributed by atoms with Gasteiger partial charge in [0.2, 0.25) is 0 Å². The number of nitrogen functional groups attached to an aromatic ring is 1. The molecule has 4 nitrogen and oxygen atoms in total. The van der Waals surface area contributed by atoms with Gasteiger partial charge in [-0.2, -0.15) is 5.10 Å². The number of para-hydroxylation sites is 3. The van der Waals surface area contributed by atoms with Gasteiger partial charge in [0.1, 0.15) is 5.75 Å². The van der Waals surface area contributed by atoms with Crippen LogP contribution in [0, 0.1) is 0 Å². The molecule has 2 N–H and O–H groups in total. The average Bonchev–Trinajstić information content (AvgIpc) is 2.90. The summed E-state index contributed by atoms with van der Waals surface area (Å²) in [7, 11) is 0. The lowest BCUT2D eigenvalue weighted by Gasteiger charge is -2.26. The van der Waals surface area contributed by atoms with Crippen LogP contribution in [0.2, 0.25) is 0 Å². The van der Waals surface area contributed by atoms with Crippen LogP contribution in [0.1, 0.15) is 25.8 Å². The van der Waals surface area contributed by atoms with E-state index in [1.54, 1.807) is 0 Å². The molecule has 0 spiro atoms. The standard InChI is InChI=1S/C18H21N3O/c1-3-14-8-4-6-10-16(14)21-18(12-13(2)20-21)22-17-11-7-5-9-15(17)19/h4-11,18H,3,12,19H2,1-2H3. The predicted molar refractivity (Wildman–Crippen MR) is 91.3 cm³/mol. The summed E-state index contributed by atoms with van der Waals surface area (Å²) in [4.78, 5) is 0. The van der Waals surface area contributed by atoms with Crippen molar-refractivity contribution in [1.82, 2.24) is 0 Å². The lowest BCUT2D eigenvalue weighted by molar-refractivity contribution is 0.214. The van der Waals surface area contributed by atoms with E-state index in [1.807, 2.05) is 42.3 Å². The Morgan fingerprint density at radius 3 is 2.68 bits per heavy atom. The van der Waals surface area contributed by atoms with Crippen molar-refractivity contribution >= 4 is 17.1 Å². The second kappa shape index (κ2) is 6.10. The summed E-state index contributed by atoms with van der Waals surface area (Å²) in [5.74, 6) is 0.705. The number of hydrogen-bond donors (Lipinski definition) is 1. The van der Waals surface area contributed by atoms with Crippen molar-refractivity contribution in [3.05, 3.63) is 54.1 Å². The van der Waals surface area contributed by atoms with E-state index in [1.165, 1.54) is 5.56 Å². The number of hydrazone groups is 1. The summed E-state index contributed by atoms with van der Waals surface area (Å²) >= 11 is 0. The quantitative estimate of drug-likeness (QED) is 0.872. The minimum Gasteiger partial charge on any atom is -0.466 e. The molecule has 0 fully saturated rings. The summed E-state index contributed by atoms with van der Waals surface area (Å²) in [6, 6.07) is 15.9. The van der Waals surface area contributed by atoms with Gasteiger partial charge >= 0.3 is 0 Å². The molecule has 4 heteroatoms. The van der Waals surface area contributed by atoms with E-state index < -0.39 is 0 Å². The Hall–Kier alpha value is -2.49. The Morgan fingerprint density at radius 2 is 1.91 bits per heavy atom. The van der Waals surface area contributed by atoms with Crippen molar-refractivity contribution in [3.63, 3.8) is 0 Å². The number of anilines is 2. The Balaban J connectivity index is 1.90. The zero-order valence-corrected chi connectivity index (χ0v) is 13.0. The van der Waals surface area contributed by atoms with Gasteiger partial charge in [-0.3, -0.25) is 0 Å². The van der Waals surface area contributed by atoms with E-state index in [4.69, 9.17) is 10.5 Å². The van der Waals surface area contributed by atoms with E-state index in [-0.39, 0.29) is 6.23 Å². The van der Waals surface area contributed by atoms with E-state index in [9.17, 15) is 0 Å². The molecule has 2 aromatic rings. The van der Waals surface area contributed by atoms with Gasteiger partial charge in [-0.1, -0.05) is 37.3 Å². The Bertz CT molecular complexity index is 696. The molecule has 0 aromatic heterocycles. The Morgan fingerprint density at radius 1 is 1.18 bits per heavy atom. The lowest BCUT2D eigenvalue weighted by atomic mass is 10.1. The van der Waals surface area contributed by atoms with Crippen molar-refractivity contribution in [2.24, 2.45) is 5.10 Å². The summed E-state index contributed by atoms with van der Waals surface area (Å²) in [5.41, 5.74) is 10.1. The Labute approximate surface area is 131 Å². The van der Waals surface area contributed by atoms with Crippen LogP contribution in [-0.2, 0) is 6.42 Å². The molecule has 0 aliphatic carbocycles. The molecule has 0 radical (unpaired) electrons. The van der Waals surface area contributed by atoms with Crippen LogP contribution < -0.4 is 15.5 Å². The number of nitrogens with two attached hydrogens (primary N) is 1. The summed E-state index contributed by atoms with van der Waals surface area (Å²) in [6.07, 6.45) is 1.57. The fourth-order valence-electron chi connectivity index (χ4n) is 2.70. The van der Waals surface area contributed by atoms with Gasteiger partial charge in [0, 0.05) is 12.1 Å². The average molecular weight is 295 g/mol. The molecule has 0 saturated heterocycles. The monoisotopic (exact) mass is 295 g/mol. The van der Waals surface area contributed by atoms with Gasteiger partial charge in [0.25, 0.3) is 0 Å². The van der Waals surface area contributed by atoms with E-state index >= 15 is 0 Å². The highest BCUT2D eigenvalue weighted by atomic mass is 16.5. The van der Waals surface area contributed by atoms with Crippen molar-refractivity contribution < 1.29 is 4.74 Å². The molecule has 22 heavy (non-hydrogen) atoms. The Kier molecular flexibility index (Phi) is 4.00. The zero-order chi connectivity index (χ0) is 15.5. The fraction of sp³-hybridized carbons (Fsp3) is 0.278. The molecule has 1 atom stereocenters. The molecule has 2 aromatic carbocycles. The first kappa shape index (κ1) is 14.4. The topological polar surface area (TPSA) is 50.8 Å². The molecule has 0 amide bonds. The normalized spacial score (nSPS) is 17.5. The summed E-state index contributed by atoms with van der Waals surface area (Å²) < 4.78 is 6.13. The van der Waals surface area contributed by atoms with E-state index in [0.717, 1.165) is 24.2 Å². The SMILES string of the molecule is CCc1ccccc1N1N=C(C)CC1Oc1ccccc1N. The highest BCUT2D eigenvalue weighted by Crippen LogP contribution is 2.31. The number of hydrogen-bond acceptors (Lipinski definition) is 4. The van der Waals surface area contributed by atoms with E-state index in [2.05, 4.69) is 30.2 Å². The number of rotatable bonds is 4. The van der Waals surface area contributed by atoms with Crippen molar-refractivity contribution in [2.75, 3.05) is 10.7 Å². The molecule has 1 unspecified atom stereocenters. The third-order valence-corrected chi connectivity index (χ3v) is 3.82. The first-order valence-corrected chi connectivity index (χ1v) is 7.61. The van der Waals surface area contributed by atoms with Crippen LogP contribution in [0.4, 0.5) is 11.4 Å². The molecule has 1 aliphatic rings. The van der Waals surface area contributed by atoms with Crippen LogP contribution in [-0.4, -0.2) is 11.9 Å². The van der Waals surface area contributed by atoms with Crippen LogP contribution in [0.5, 0.6) is 5.75 Å². The largest absolute Gasteiger partial charge is 0.466 e. The maximum Gasteiger partial charge on any atom is 0.197 e. The van der Waals surface area contributed by atoms with Crippen LogP contribution in [0.3, 0.4) is 0 Å². The zero-order valence-electron chi connectivity index (χ0n) is 13.0. The van der Waals surface area contributed by atoms with E-state index in [0.29, 0.717) is 11.4 Å². The van der Waals surface area contributed by atoms with Gasteiger partial charge in [-0.05, 0) is 37.1 Å². The third kappa shape index (κ3) is 2.77. The predicted octanol–water partition coefficient (Wildman–Crippen LogP) is 3.82. The maximum atomic E-state index is 6.13. The molecule has 0 saturated carbocycles. The lowest BCUT2D eigenvalue weighted by Crippen LogP contribution is -2.32. The van der Waals surface area contributed by atoms with Crippen molar-refractivity contribution in [3.8, 4) is 5.75 Å². The number of aryl methyl sites for hydroxylation is 1. The highest BCUT2D eigenvalue weighted by molar-refractivity contribution is 5.86. The minimum atomic E-state index is -0.155. The molecule has 3 rings (SSSR count). The van der Waals surface area contributed by atoms with Gasteiger partial charge < -0.3 is 10.5 Å². The first-order valence-electron chi connectivity index (χ1n) is 7.61. The fourth-order valence-corrected chi connectivity index (χ4v) is 2.70. The van der Waals surface area contributed by atoms with Crippen molar-refractivity contribution in [2.45, 2.75) is 32.9 Å². The second-order valence-corrected chi connectivity index (χ2v) is 5.48. The number of ether oxygens (including phenoxy) is 1. The summed E-state index contributed by atoms with van der Waals surface area (Å²) in [6.45, 7) is 4.18. The molecule has 0 bridgehead atoms. The van der Waals surface area contributed by atoms with Gasteiger partial charge in [0.05, 0.1) is 11.4 Å². The summed E-state index contributed by atoms with van der Waals surface area (Å²) in [5, 5.41) is 6.63. The highest BCUT2D eigenvalue weighted by Gasteiger charge is 2.29. The molecule has 1 heterocycles. The maximum absolute atomic E-state index is 6.13. The second-order valence-electron chi connectivity index (χ2n) is 5.48. The molecule has 114 valence electrons. The number of benzene rings is 2. The molecular formula is C18H21N3O. The third-order valence-electron chi connectivity index (χ3n) is 3.82. The van der Waals surface area contributed by atoms with Gasteiger partial charge in [0.15, 0.2) is 6.23 Å². The number of nitrogens with zero attached hydrogens (tertiary/aromatic N) is 2. The van der Waals surface area contributed by atoms with Gasteiger partial charge in [-0.25, -0.2) is 5.01 Å². The van der Waals surface area contributed by atoms with Gasteiger partial charge in [-0.15, -0.1) is 0 Å². The van der Waals surface area contributed by atoms with Crippen molar-refractivity contribution in [1.29, 1.82) is 0 Å². The smallest absolute Gasteiger partial charge is 0.197 e. The minimum absolute atomic E-state index is 0.155. The van der Waals surface area contributed by atoms with Crippen LogP contribution in [0.15, 0.2) is 53.6 Å². The molecule has 1 aliphatic heterocycles.